The molecule has 2 amide bonds. The zero-order chi connectivity index (χ0) is 22.8. The van der Waals surface area contributed by atoms with Gasteiger partial charge in [0.2, 0.25) is 5.91 Å². The fourth-order valence-electron chi connectivity index (χ4n) is 2.69. The van der Waals surface area contributed by atoms with Gasteiger partial charge in [-0.25, -0.2) is 5.43 Å². The van der Waals surface area contributed by atoms with E-state index in [1.807, 2.05) is 30.3 Å². The molecule has 0 aromatic heterocycles. The number of rotatable bonds is 9. The van der Waals surface area contributed by atoms with Crippen LogP contribution in [0.2, 0.25) is 0 Å². The number of benzene rings is 3. The number of nitrogens with one attached hydrogen (secondary N) is 2. The quantitative estimate of drug-likeness (QED) is 0.305. The lowest BCUT2D eigenvalue weighted by molar-refractivity contribution is -0.384. The summed E-state index contributed by atoms with van der Waals surface area (Å²) < 4.78 is 5.42. The molecule has 0 heterocycles. The highest BCUT2D eigenvalue weighted by Gasteiger charge is 2.09. The monoisotopic (exact) mass is 432 g/mol. The number of carbonyl (C=O) groups excluding carboxylic acids is 2. The second-order valence-corrected chi connectivity index (χ2v) is 6.67. The average molecular weight is 432 g/mol. The molecule has 0 atom stereocenters. The number of hydrazone groups is 1. The van der Waals surface area contributed by atoms with Crippen LogP contribution in [0.15, 0.2) is 84.0 Å². The number of non-ortho nitro benzene ring substituents is 1. The predicted molar refractivity (Wildman–Crippen MR) is 120 cm³/mol. The maximum absolute atomic E-state index is 12.0. The van der Waals surface area contributed by atoms with Crippen molar-refractivity contribution in [1.82, 2.24) is 5.43 Å². The van der Waals surface area contributed by atoms with Crippen molar-refractivity contribution in [2.24, 2.45) is 5.10 Å². The topological polar surface area (TPSA) is 123 Å². The normalized spacial score (nSPS) is 10.5. The molecule has 9 nitrogen and oxygen atoms in total. The molecular formula is C23H20N4O5. The minimum absolute atomic E-state index is 0.114. The van der Waals surface area contributed by atoms with Gasteiger partial charge in [0, 0.05) is 17.8 Å². The third-order valence-electron chi connectivity index (χ3n) is 4.20. The van der Waals surface area contributed by atoms with E-state index >= 15 is 0 Å². The first-order chi connectivity index (χ1) is 15.5. The molecule has 0 spiro atoms. The van der Waals surface area contributed by atoms with Crippen molar-refractivity contribution in [3.05, 3.63) is 100 Å². The fraction of sp³-hybridized carbons (Fsp3) is 0.0870. The van der Waals surface area contributed by atoms with Crippen molar-refractivity contribution in [3.8, 4) is 5.75 Å². The van der Waals surface area contributed by atoms with E-state index < -0.39 is 10.8 Å². The van der Waals surface area contributed by atoms with Crippen LogP contribution in [0.5, 0.6) is 5.75 Å². The molecule has 9 heteroatoms. The second-order valence-electron chi connectivity index (χ2n) is 6.67. The molecule has 0 unspecified atom stereocenters. The van der Waals surface area contributed by atoms with Gasteiger partial charge in [-0.3, -0.25) is 19.7 Å². The number of anilines is 1. The summed E-state index contributed by atoms with van der Waals surface area (Å²) in [5.74, 6) is -0.205. The molecule has 0 radical (unpaired) electrons. The van der Waals surface area contributed by atoms with Gasteiger partial charge in [0.1, 0.15) is 5.75 Å². The van der Waals surface area contributed by atoms with Gasteiger partial charge in [-0.15, -0.1) is 0 Å². The van der Waals surface area contributed by atoms with E-state index in [9.17, 15) is 19.7 Å². The maximum Gasteiger partial charge on any atom is 0.271 e. The van der Waals surface area contributed by atoms with Crippen molar-refractivity contribution in [1.29, 1.82) is 0 Å². The van der Waals surface area contributed by atoms with Crippen LogP contribution in [-0.4, -0.2) is 29.6 Å². The molecule has 162 valence electrons. The minimum atomic E-state index is -0.536. The van der Waals surface area contributed by atoms with Crippen molar-refractivity contribution in [2.75, 3.05) is 11.9 Å². The van der Waals surface area contributed by atoms with Gasteiger partial charge in [0.25, 0.3) is 11.6 Å². The number of hydrogen-bond acceptors (Lipinski definition) is 6. The molecule has 0 aliphatic carbocycles. The standard InChI is InChI=1S/C23H20N4O5/c28-22(13-17-5-2-1-3-6-17)26-24-15-18-9-11-21(12-10-18)32-16-23(29)25-19-7-4-8-20(14-19)27(30)31/h1-12,14-15H,13,16H2,(H,25,29)(H,26,28)/b24-15+. The number of nitrogens with zero attached hydrogens (tertiary/aromatic N) is 2. The van der Waals surface area contributed by atoms with E-state index in [0.717, 1.165) is 11.1 Å². The molecule has 3 rings (SSSR count). The summed E-state index contributed by atoms with van der Waals surface area (Å²) in [6, 6.07) is 21.8. The van der Waals surface area contributed by atoms with Crippen molar-refractivity contribution in [3.63, 3.8) is 0 Å². The average Bonchev–Trinajstić information content (AvgIpc) is 2.79. The molecule has 3 aromatic rings. The van der Waals surface area contributed by atoms with Crippen LogP contribution in [0, 0.1) is 10.1 Å². The highest BCUT2D eigenvalue weighted by molar-refractivity contribution is 5.92. The highest BCUT2D eigenvalue weighted by atomic mass is 16.6. The Bertz CT molecular complexity index is 1110. The molecule has 0 aliphatic heterocycles. The Hall–Kier alpha value is -4.53. The summed E-state index contributed by atoms with van der Waals surface area (Å²) in [7, 11) is 0. The predicted octanol–water partition coefficient (Wildman–Crippen LogP) is 3.31. The van der Waals surface area contributed by atoms with E-state index in [-0.39, 0.29) is 24.6 Å². The third-order valence-corrected chi connectivity index (χ3v) is 4.20. The lowest BCUT2D eigenvalue weighted by atomic mass is 10.1. The lowest BCUT2D eigenvalue weighted by Gasteiger charge is -2.07. The molecule has 32 heavy (non-hydrogen) atoms. The van der Waals surface area contributed by atoms with Crippen molar-refractivity contribution >= 4 is 29.4 Å². The first-order valence-corrected chi connectivity index (χ1v) is 9.62. The van der Waals surface area contributed by atoms with Gasteiger partial charge in [-0.2, -0.15) is 5.10 Å². The zero-order valence-electron chi connectivity index (χ0n) is 16.9. The van der Waals surface area contributed by atoms with Crippen LogP contribution in [-0.2, 0) is 16.0 Å². The zero-order valence-corrected chi connectivity index (χ0v) is 16.9. The van der Waals surface area contributed by atoms with Gasteiger partial charge in [-0.05, 0) is 41.5 Å². The number of hydrogen-bond donors (Lipinski definition) is 2. The Balaban J connectivity index is 1.43. The molecule has 0 saturated carbocycles. The van der Waals surface area contributed by atoms with Crippen LogP contribution < -0.4 is 15.5 Å². The SMILES string of the molecule is O=C(Cc1ccccc1)N/N=C/c1ccc(OCC(=O)Nc2cccc([N+](=O)[O-])c2)cc1. The first-order valence-electron chi connectivity index (χ1n) is 9.62. The van der Waals surface area contributed by atoms with E-state index in [1.54, 1.807) is 30.3 Å². The fourth-order valence-corrected chi connectivity index (χ4v) is 2.69. The molecule has 0 aliphatic rings. The summed E-state index contributed by atoms with van der Waals surface area (Å²) in [6.07, 6.45) is 1.74. The maximum atomic E-state index is 12.0. The first kappa shape index (κ1) is 22.2. The van der Waals surface area contributed by atoms with Crippen LogP contribution in [0.4, 0.5) is 11.4 Å². The summed E-state index contributed by atoms with van der Waals surface area (Å²) >= 11 is 0. The molecule has 2 N–H and O–H groups in total. The van der Waals surface area contributed by atoms with Gasteiger partial charge in [0.05, 0.1) is 17.6 Å². The third kappa shape index (κ3) is 7.06. The van der Waals surface area contributed by atoms with Gasteiger partial charge in [-0.1, -0.05) is 36.4 Å². The van der Waals surface area contributed by atoms with E-state index in [2.05, 4.69) is 15.8 Å². The Labute approximate surface area is 183 Å². The number of ether oxygens (including phenoxy) is 1. The van der Waals surface area contributed by atoms with E-state index in [4.69, 9.17) is 4.74 Å². The molecule has 0 saturated heterocycles. The van der Waals surface area contributed by atoms with E-state index in [0.29, 0.717) is 11.4 Å². The van der Waals surface area contributed by atoms with Gasteiger partial charge >= 0.3 is 0 Å². The Morgan fingerprint density at radius 2 is 1.72 bits per heavy atom. The summed E-state index contributed by atoms with van der Waals surface area (Å²) in [6.45, 7) is -0.258. The van der Waals surface area contributed by atoms with Crippen molar-refractivity contribution in [2.45, 2.75) is 6.42 Å². The minimum Gasteiger partial charge on any atom is -0.484 e. The van der Waals surface area contributed by atoms with Crippen molar-refractivity contribution < 1.29 is 19.2 Å². The summed E-state index contributed by atoms with van der Waals surface area (Å²) in [5.41, 5.74) is 4.31. The van der Waals surface area contributed by atoms with Crippen LogP contribution >= 0.6 is 0 Å². The Morgan fingerprint density at radius 3 is 2.44 bits per heavy atom. The number of nitro benzene ring substituents is 1. The number of amides is 2. The number of carbonyl (C=O) groups is 2. The molecular weight excluding hydrogens is 412 g/mol. The molecule has 0 bridgehead atoms. The lowest BCUT2D eigenvalue weighted by Crippen LogP contribution is -2.20. The van der Waals surface area contributed by atoms with Gasteiger partial charge in [0.15, 0.2) is 6.61 Å². The Morgan fingerprint density at radius 1 is 0.969 bits per heavy atom. The smallest absolute Gasteiger partial charge is 0.271 e. The Kier molecular flexibility index (Phi) is 7.63. The number of nitro groups is 1. The van der Waals surface area contributed by atoms with Crippen LogP contribution in [0.1, 0.15) is 11.1 Å². The molecule has 0 fully saturated rings. The van der Waals surface area contributed by atoms with Crippen LogP contribution in [0.25, 0.3) is 0 Å². The summed E-state index contributed by atoms with van der Waals surface area (Å²) in [5, 5.41) is 17.3. The van der Waals surface area contributed by atoms with Gasteiger partial charge < -0.3 is 10.1 Å². The van der Waals surface area contributed by atoms with E-state index in [1.165, 1.54) is 24.4 Å². The largest absolute Gasteiger partial charge is 0.484 e. The summed E-state index contributed by atoms with van der Waals surface area (Å²) in [4.78, 5) is 34.1. The highest BCUT2D eigenvalue weighted by Crippen LogP contribution is 2.17. The second kappa shape index (κ2) is 11.0. The molecule has 3 aromatic carbocycles. The van der Waals surface area contributed by atoms with Crippen LogP contribution in [0.3, 0.4) is 0 Å².